The van der Waals surface area contributed by atoms with Gasteiger partial charge in [0.1, 0.15) is 0 Å². The zero-order valence-electron chi connectivity index (χ0n) is 15.2. The maximum absolute atomic E-state index is 12.2. The minimum atomic E-state index is -0.0685. The molecule has 0 aliphatic heterocycles. The van der Waals surface area contributed by atoms with Gasteiger partial charge in [0.15, 0.2) is 0 Å². The quantitative estimate of drug-likeness (QED) is 0.632. The molecule has 4 nitrogen and oxygen atoms in total. The van der Waals surface area contributed by atoms with Gasteiger partial charge in [0.25, 0.3) is 5.91 Å². The molecular formula is C19H30N2O2S. The standard InChI is InChI=1S/C19H30N2O2S/c1-5-7-11-24-15(4)18(22)20-13-16-9-8-10-17(12-16)19(23)21-14(3)6-2/h8-10,12,14-15H,5-7,11,13H2,1-4H3,(H,20,22)(H,21,23). The predicted octanol–water partition coefficient (Wildman–Crippen LogP) is 3.75. The first-order chi connectivity index (χ1) is 11.5. The molecule has 1 rings (SSSR count). The van der Waals surface area contributed by atoms with E-state index < -0.39 is 0 Å². The molecule has 5 heteroatoms. The Balaban J connectivity index is 2.52. The van der Waals surface area contributed by atoms with E-state index in [2.05, 4.69) is 17.6 Å². The van der Waals surface area contributed by atoms with Crippen LogP contribution in [0.1, 0.15) is 62.9 Å². The predicted molar refractivity (Wildman–Crippen MR) is 102 cm³/mol. The van der Waals surface area contributed by atoms with Crippen molar-refractivity contribution in [1.29, 1.82) is 0 Å². The van der Waals surface area contributed by atoms with Crippen molar-refractivity contribution in [3.8, 4) is 0 Å². The van der Waals surface area contributed by atoms with Gasteiger partial charge >= 0.3 is 0 Å². The molecule has 1 aromatic carbocycles. The third kappa shape index (κ3) is 7.39. The number of amides is 2. The summed E-state index contributed by atoms with van der Waals surface area (Å²) < 4.78 is 0. The molecule has 0 saturated heterocycles. The van der Waals surface area contributed by atoms with Crippen LogP contribution in [0, 0.1) is 0 Å². The van der Waals surface area contributed by atoms with E-state index in [1.165, 1.54) is 0 Å². The lowest BCUT2D eigenvalue weighted by Gasteiger charge is -2.13. The summed E-state index contributed by atoms with van der Waals surface area (Å²) in [4.78, 5) is 24.3. The Bertz CT molecular complexity index is 534. The molecule has 24 heavy (non-hydrogen) atoms. The van der Waals surface area contributed by atoms with Crippen molar-refractivity contribution in [2.45, 2.75) is 64.8 Å². The molecule has 2 atom stereocenters. The van der Waals surface area contributed by atoms with Crippen molar-refractivity contribution >= 4 is 23.6 Å². The minimum absolute atomic E-state index is 0.0468. The molecule has 0 aliphatic rings. The third-order valence-electron chi connectivity index (χ3n) is 3.88. The van der Waals surface area contributed by atoms with Crippen LogP contribution in [0.3, 0.4) is 0 Å². The van der Waals surface area contributed by atoms with Crippen LogP contribution in [0.4, 0.5) is 0 Å². The number of carbonyl (C=O) groups is 2. The lowest BCUT2D eigenvalue weighted by molar-refractivity contribution is -0.120. The molecule has 0 aromatic heterocycles. The van der Waals surface area contributed by atoms with Gasteiger partial charge in [-0.05, 0) is 50.1 Å². The Morgan fingerprint density at radius 1 is 1.21 bits per heavy atom. The molecule has 0 radical (unpaired) electrons. The zero-order valence-corrected chi connectivity index (χ0v) is 16.0. The molecule has 0 aliphatic carbocycles. The molecule has 0 fully saturated rings. The number of hydrogen-bond donors (Lipinski definition) is 2. The summed E-state index contributed by atoms with van der Waals surface area (Å²) >= 11 is 1.69. The first-order valence-corrected chi connectivity index (χ1v) is 9.81. The van der Waals surface area contributed by atoms with E-state index in [-0.39, 0.29) is 23.1 Å². The number of nitrogens with one attached hydrogen (secondary N) is 2. The van der Waals surface area contributed by atoms with Crippen molar-refractivity contribution in [2.24, 2.45) is 0 Å². The number of hydrogen-bond acceptors (Lipinski definition) is 3. The van der Waals surface area contributed by atoms with Crippen LogP contribution in [0.15, 0.2) is 24.3 Å². The molecular weight excluding hydrogens is 320 g/mol. The molecule has 0 bridgehead atoms. The highest BCUT2D eigenvalue weighted by atomic mass is 32.2. The summed E-state index contributed by atoms with van der Waals surface area (Å²) in [7, 11) is 0. The number of benzene rings is 1. The SMILES string of the molecule is CCCCSC(C)C(=O)NCc1cccc(C(=O)NC(C)CC)c1. The number of thioether (sulfide) groups is 1. The van der Waals surface area contributed by atoms with Gasteiger partial charge in [0, 0.05) is 18.2 Å². The number of rotatable bonds is 10. The summed E-state index contributed by atoms with van der Waals surface area (Å²) in [5.74, 6) is 0.989. The smallest absolute Gasteiger partial charge is 0.251 e. The average Bonchev–Trinajstić information content (AvgIpc) is 2.59. The summed E-state index contributed by atoms with van der Waals surface area (Å²) in [6.07, 6.45) is 3.18. The molecule has 1 aromatic rings. The van der Waals surface area contributed by atoms with Crippen LogP contribution in [-0.2, 0) is 11.3 Å². The highest BCUT2D eigenvalue weighted by Gasteiger charge is 2.13. The van der Waals surface area contributed by atoms with E-state index in [1.54, 1.807) is 17.8 Å². The molecule has 0 saturated carbocycles. The first-order valence-electron chi connectivity index (χ1n) is 8.77. The lowest BCUT2D eigenvalue weighted by Crippen LogP contribution is -2.32. The largest absolute Gasteiger partial charge is 0.351 e. The van der Waals surface area contributed by atoms with Crippen LogP contribution in [0.5, 0.6) is 0 Å². The van der Waals surface area contributed by atoms with E-state index in [4.69, 9.17) is 0 Å². The fraction of sp³-hybridized carbons (Fsp3) is 0.579. The minimum Gasteiger partial charge on any atom is -0.351 e. The second-order valence-corrected chi connectivity index (χ2v) is 7.52. The Labute approximate surface area is 150 Å². The fourth-order valence-corrected chi connectivity index (χ4v) is 3.09. The van der Waals surface area contributed by atoms with E-state index in [0.717, 1.165) is 30.6 Å². The maximum atomic E-state index is 12.2. The molecule has 0 spiro atoms. The van der Waals surface area contributed by atoms with Gasteiger partial charge in [-0.1, -0.05) is 32.4 Å². The maximum Gasteiger partial charge on any atom is 0.251 e. The lowest BCUT2D eigenvalue weighted by atomic mass is 10.1. The second-order valence-electron chi connectivity index (χ2n) is 6.07. The van der Waals surface area contributed by atoms with E-state index in [9.17, 15) is 9.59 Å². The second kappa shape index (κ2) is 11.1. The van der Waals surface area contributed by atoms with E-state index >= 15 is 0 Å². The van der Waals surface area contributed by atoms with Gasteiger partial charge in [0.05, 0.1) is 5.25 Å². The van der Waals surface area contributed by atoms with Gasteiger partial charge in [-0.3, -0.25) is 9.59 Å². The van der Waals surface area contributed by atoms with Crippen LogP contribution in [0.25, 0.3) is 0 Å². The Kier molecular flexibility index (Phi) is 9.53. The van der Waals surface area contributed by atoms with Crippen molar-refractivity contribution in [1.82, 2.24) is 10.6 Å². The van der Waals surface area contributed by atoms with Crippen molar-refractivity contribution in [2.75, 3.05) is 5.75 Å². The summed E-state index contributed by atoms with van der Waals surface area (Å²) in [6, 6.07) is 7.57. The van der Waals surface area contributed by atoms with E-state index in [0.29, 0.717) is 12.1 Å². The Morgan fingerprint density at radius 3 is 2.62 bits per heavy atom. The van der Waals surface area contributed by atoms with E-state index in [1.807, 2.05) is 39.0 Å². The molecule has 134 valence electrons. The van der Waals surface area contributed by atoms with Crippen LogP contribution in [-0.4, -0.2) is 28.9 Å². The third-order valence-corrected chi connectivity index (χ3v) is 5.12. The van der Waals surface area contributed by atoms with Gasteiger partial charge in [-0.25, -0.2) is 0 Å². The molecule has 0 heterocycles. The average molecular weight is 351 g/mol. The van der Waals surface area contributed by atoms with Crippen LogP contribution < -0.4 is 10.6 Å². The van der Waals surface area contributed by atoms with Gasteiger partial charge in [-0.2, -0.15) is 0 Å². The molecule has 2 amide bonds. The highest BCUT2D eigenvalue weighted by molar-refractivity contribution is 8.00. The van der Waals surface area contributed by atoms with Gasteiger partial charge in [0.2, 0.25) is 5.91 Å². The summed E-state index contributed by atoms with van der Waals surface area (Å²) in [6.45, 7) is 8.56. The topological polar surface area (TPSA) is 58.2 Å². The molecule has 2 N–H and O–H groups in total. The van der Waals surface area contributed by atoms with Gasteiger partial charge in [-0.15, -0.1) is 11.8 Å². The Hall–Kier alpha value is -1.49. The first kappa shape index (κ1) is 20.6. The molecule has 2 unspecified atom stereocenters. The Morgan fingerprint density at radius 2 is 1.96 bits per heavy atom. The fourth-order valence-electron chi connectivity index (χ4n) is 2.04. The van der Waals surface area contributed by atoms with Crippen molar-refractivity contribution < 1.29 is 9.59 Å². The van der Waals surface area contributed by atoms with Crippen LogP contribution in [0.2, 0.25) is 0 Å². The normalized spacial score (nSPS) is 13.2. The summed E-state index contributed by atoms with van der Waals surface area (Å²) in [5, 5.41) is 5.86. The monoisotopic (exact) mass is 350 g/mol. The number of carbonyl (C=O) groups excluding carboxylic acids is 2. The van der Waals surface area contributed by atoms with Crippen LogP contribution >= 0.6 is 11.8 Å². The van der Waals surface area contributed by atoms with Crippen molar-refractivity contribution in [3.05, 3.63) is 35.4 Å². The van der Waals surface area contributed by atoms with Gasteiger partial charge < -0.3 is 10.6 Å². The summed E-state index contributed by atoms with van der Waals surface area (Å²) in [5.41, 5.74) is 1.57. The zero-order chi connectivity index (χ0) is 17.9. The highest BCUT2D eigenvalue weighted by Crippen LogP contribution is 2.13. The van der Waals surface area contributed by atoms with Crippen molar-refractivity contribution in [3.63, 3.8) is 0 Å². The number of unbranched alkanes of at least 4 members (excludes halogenated alkanes) is 1.